The van der Waals surface area contributed by atoms with Crippen LogP contribution >= 0.6 is 38.6 Å². The molecule has 2 aromatic heterocycles. The molecule has 0 saturated heterocycles. The van der Waals surface area contributed by atoms with Gasteiger partial charge in [0.15, 0.2) is 4.80 Å². The van der Waals surface area contributed by atoms with E-state index in [1.54, 1.807) is 22.8 Å². The van der Waals surface area contributed by atoms with Crippen molar-refractivity contribution >= 4 is 50.6 Å². The highest BCUT2D eigenvalue weighted by molar-refractivity contribution is 9.11. The third kappa shape index (κ3) is 4.90. The number of nitrogens with zero attached hydrogens (tertiary/aromatic N) is 2. The highest BCUT2D eigenvalue weighted by Crippen LogP contribution is 2.33. The highest BCUT2D eigenvalue weighted by atomic mass is 79.9. The Morgan fingerprint density at radius 3 is 2.50 bits per heavy atom. The molecular weight excluding hydrogens is 532 g/mol. The smallest absolute Gasteiger partial charge is 0.338 e. The van der Waals surface area contributed by atoms with Crippen LogP contribution in [0.2, 0.25) is 0 Å². The van der Waals surface area contributed by atoms with E-state index in [0.717, 1.165) is 20.6 Å². The van der Waals surface area contributed by atoms with Crippen LogP contribution in [-0.4, -0.2) is 17.1 Å². The Morgan fingerprint density at radius 1 is 1.18 bits per heavy atom. The number of esters is 1. The van der Waals surface area contributed by atoms with Crippen molar-refractivity contribution in [3.8, 4) is 0 Å². The summed E-state index contributed by atoms with van der Waals surface area (Å²) in [6, 6.07) is 11.5. The summed E-state index contributed by atoms with van der Waals surface area (Å²) in [7, 11) is 0. The second kappa shape index (κ2) is 10.5. The number of rotatable bonds is 7. The average Bonchev–Trinajstić information content (AvgIpc) is 3.35. The van der Waals surface area contributed by atoms with Crippen LogP contribution in [0.15, 0.2) is 61.2 Å². The van der Waals surface area contributed by atoms with Gasteiger partial charge in [0.2, 0.25) is 0 Å². The quantitative estimate of drug-likeness (QED) is 0.358. The van der Waals surface area contributed by atoms with E-state index < -0.39 is 12.0 Å². The number of thiazole rings is 1. The summed E-state index contributed by atoms with van der Waals surface area (Å²) >= 11 is 6.41. The largest absolute Gasteiger partial charge is 0.463 e. The number of hydrogen-bond donors (Lipinski definition) is 0. The molecule has 178 valence electrons. The van der Waals surface area contributed by atoms with E-state index >= 15 is 0 Å². The Balaban J connectivity index is 1.97. The molecule has 0 N–H and O–H groups in total. The molecular formula is C26H27BrN2O3S2. The number of carbonyl (C=O) groups excluding carboxylic acids is 1. The highest BCUT2D eigenvalue weighted by Gasteiger charge is 2.34. The molecule has 8 heteroatoms. The van der Waals surface area contributed by atoms with Crippen molar-refractivity contribution < 1.29 is 9.53 Å². The average molecular weight is 560 g/mol. The molecule has 1 aromatic carbocycles. The predicted octanol–water partition coefficient (Wildman–Crippen LogP) is 5.53. The number of thiophene rings is 1. The van der Waals surface area contributed by atoms with Crippen LogP contribution in [0.3, 0.4) is 0 Å². The summed E-state index contributed by atoms with van der Waals surface area (Å²) in [6.45, 7) is 8.40. The zero-order valence-corrected chi connectivity index (χ0v) is 22.9. The maximum Gasteiger partial charge on any atom is 0.338 e. The van der Waals surface area contributed by atoms with Crippen LogP contribution in [0.4, 0.5) is 0 Å². The van der Waals surface area contributed by atoms with Crippen LogP contribution in [0.1, 0.15) is 68.5 Å². The van der Waals surface area contributed by atoms with Gasteiger partial charge < -0.3 is 4.74 Å². The SMILES string of the molecule is CCCC1=C(C(=O)OCC)[C@@H](c2ccc(C(C)C)cc2)n2c(s/c(=C/c3ccc(Br)s3)c2=O)=N1. The summed E-state index contributed by atoms with van der Waals surface area (Å²) in [5.41, 5.74) is 3.09. The molecule has 0 fully saturated rings. The summed E-state index contributed by atoms with van der Waals surface area (Å²) in [6.07, 6.45) is 3.36. The molecule has 0 amide bonds. The third-order valence-corrected chi connectivity index (χ3v) is 8.23. The number of fused-ring (bicyclic) bond motifs is 1. The maximum absolute atomic E-state index is 13.7. The van der Waals surface area contributed by atoms with Gasteiger partial charge in [-0.15, -0.1) is 11.3 Å². The molecule has 0 unspecified atom stereocenters. The Labute approximate surface area is 215 Å². The molecule has 0 bridgehead atoms. The van der Waals surface area contributed by atoms with Gasteiger partial charge >= 0.3 is 5.97 Å². The normalized spacial score (nSPS) is 16.1. The maximum atomic E-state index is 13.7. The van der Waals surface area contributed by atoms with Gasteiger partial charge in [0.05, 0.1) is 32.2 Å². The van der Waals surface area contributed by atoms with Crippen LogP contribution in [0.5, 0.6) is 0 Å². The first-order chi connectivity index (χ1) is 16.3. The minimum absolute atomic E-state index is 0.149. The Morgan fingerprint density at radius 2 is 1.91 bits per heavy atom. The lowest BCUT2D eigenvalue weighted by Gasteiger charge is -2.26. The van der Waals surface area contributed by atoms with Crippen molar-refractivity contribution in [2.75, 3.05) is 6.61 Å². The van der Waals surface area contributed by atoms with Crippen molar-refractivity contribution in [1.29, 1.82) is 0 Å². The van der Waals surface area contributed by atoms with E-state index in [9.17, 15) is 9.59 Å². The molecule has 0 spiro atoms. The van der Waals surface area contributed by atoms with Crippen molar-refractivity contribution in [3.05, 3.63) is 87.1 Å². The Bertz CT molecular complexity index is 1410. The molecule has 1 aliphatic heterocycles. The van der Waals surface area contributed by atoms with Gasteiger partial charge in [-0.3, -0.25) is 9.36 Å². The number of aromatic nitrogens is 1. The summed E-state index contributed by atoms with van der Waals surface area (Å²) < 4.78 is 8.71. The molecule has 5 nitrogen and oxygen atoms in total. The molecule has 0 saturated carbocycles. The number of allylic oxidation sites excluding steroid dienone is 1. The van der Waals surface area contributed by atoms with E-state index in [2.05, 4.69) is 48.8 Å². The fourth-order valence-electron chi connectivity index (χ4n) is 4.03. The minimum atomic E-state index is -0.574. The lowest BCUT2D eigenvalue weighted by atomic mass is 9.92. The Kier molecular flexibility index (Phi) is 7.70. The van der Waals surface area contributed by atoms with Gasteiger partial charge in [0, 0.05) is 4.88 Å². The van der Waals surface area contributed by atoms with Gasteiger partial charge in [-0.1, -0.05) is 62.8 Å². The van der Waals surface area contributed by atoms with E-state index in [1.807, 2.05) is 30.3 Å². The lowest BCUT2D eigenvalue weighted by Crippen LogP contribution is -2.40. The molecule has 34 heavy (non-hydrogen) atoms. The number of halogens is 1. The number of benzene rings is 1. The predicted molar refractivity (Wildman–Crippen MR) is 142 cm³/mol. The first kappa shape index (κ1) is 24.8. The van der Waals surface area contributed by atoms with Gasteiger partial charge in [-0.2, -0.15) is 0 Å². The fourth-order valence-corrected chi connectivity index (χ4v) is 6.49. The van der Waals surface area contributed by atoms with Crippen molar-refractivity contribution in [2.24, 2.45) is 4.99 Å². The van der Waals surface area contributed by atoms with Gasteiger partial charge in [-0.05, 0) is 64.5 Å². The van der Waals surface area contributed by atoms with E-state index in [1.165, 1.54) is 16.9 Å². The second-order valence-electron chi connectivity index (χ2n) is 8.38. The summed E-state index contributed by atoms with van der Waals surface area (Å²) in [5.74, 6) is -0.0269. The van der Waals surface area contributed by atoms with E-state index in [4.69, 9.17) is 9.73 Å². The number of carbonyl (C=O) groups is 1. The van der Waals surface area contributed by atoms with Crippen molar-refractivity contribution in [1.82, 2.24) is 4.57 Å². The lowest BCUT2D eigenvalue weighted by molar-refractivity contribution is -0.139. The third-order valence-electron chi connectivity index (χ3n) is 5.68. The summed E-state index contributed by atoms with van der Waals surface area (Å²) in [4.78, 5) is 33.3. The standard InChI is InChI=1S/C26H27BrN2O3S2/c1-5-7-19-22(25(31)32-6-2)23(17-10-8-16(9-11-17)15(3)4)29-24(30)20(34-26(29)28-19)14-18-12-13-21(27)33-18/h8-15,23H,5-7H2,1-4H3/b20-14+/t23-/m1/s1. The van der Waals surface area contributed by atoms with Crippen LogP contribution in [0, 0.1) is 0 Å². The number of ether oxygens (including phenoxy) is 1. The first-order valence-electron chi connectivity index (χ1n) is 11.4. The van der Waals surface area contributed by atoms with Crippen molar-refractivity contribution in [3.63, 3.8) is 0 Å². The monoisotopic (exact) mass is 558 g/mol. The van der Waals surface area contributed by atoms with Gasteiger partial charge in [0.1, 0.15) is 0 Å². The van der Waals surface area contributed by atoms with Gasteiger partial charge in [-0.25, -0.2) is 9.79 Å². The molecule has 1 aliphatic rings. The topological polar surface area (TPSA) is 60.7 Å². The molecule has 4 rings (SSSR count). The van der Waals surface area contributed by atoms with E-state index in [-0.39, 0.29) is 12.2 Å². The van der Waals surface area contributed by atoms with Crippen LogP contribution < -0.4 is 14.9 Å². The molecule has 3 heterocycles. The summed E-state index contributed by atoms with van der Waals surface area (Å²) in [5, 5.41) is 0. The fraction of sp³-hybridized carbons (Fsp3) is 0.346. The minimum Gasteiger partial charge on any atom is -0.463 e. The van der Waals surface area contributed by atoms with Crippen molar-refractivity contribution in [2.45, 2.75) is 52.5 Å². The Hall–Kier alpha value is -2.29. The van der Waals surface area contributed by atoms with E-state index in [0.29, 0.717) is 32.9 Å². The molecule has 1 atom stereocenters. The molecule has 3 aromatic rings. The zero-order valence-electron chi connectivity index (χ0n) is 19.6. The van der Waals surface area contributed by atoms with Gasteiger partial charge in [0.25, 0.3) is 5.56 Å². The first-order valence-corrected chi connectivity index (χ1v) is 13.8. The van der Waals surface area contributed by atoms with Crippen LogP contribution in [-0.2, 0) is 9.53 Å². The molecule has 0 aliphatic carbocycles. The molecule has 0 radical (unpaired) electrons. The second-order valence-corrected chi connectivity index (χ2v) is 11.9. The van der Waals surface area contributed by atoms with Crippen LogP contribution in [0.25, 0.3) is 6.08 Å². The zero-order chi connectivity index (χ0) is 24.4. The number of hydrogen-bond acceptors (Lipinski definition) is 6.